The van der Waals surface area contributed by atoms with Gasteiger partial charge in [0.15, 0.2) is 5.89 Å². The summed E-state index contributed by atoms with van der Waals surface area (Å²) in [5, 5.41) is 0. The quantitative estimate of drug-likeness (QED) is 0.689. The van der Waals surface area contributed by atoms with Crippen molar-refractivity contribution in [1.29, 1.82) is 0 Å². The van der Waals surface area contributed by atoms with E-state index in [9.17, 15) is 0 Å². The summed E-state index contributed by atoms with van der Waals surface area (Å²) in [4.78, 5) is 4.32. The molecule has 1 rings (SSSR count). The second-order valence-corrected chi connectivity index (χ2v) is 3.06. The minimum absolute atomic E-state index is 0.804. The van der Waals surface area contributed by atoms with E-state index in [1.165, 1.54) is 12.8 Å². The molecule has 2 heteroatoms. The monoisotopic (exact) mass is 167 g/mol. The summed E-state index contributed by atoms with van der Waals surface area (Å²) in [6.07, 6.45) is 4.43. The Kier molecular flexibility index (Phi) is 3.32. The molecular weight excluding hydrogens is 150 g/mol. The van der Waals surface area contributed by atoms with Crippen molar-refractivity contribution in [3.05, 3.63) is 17.3 Å². The Hall–Kier alpha value is -0.790. The van der Waals surface area contributed by atoms with Crippen molar-refractivity contribution in [1.82, 2.24) is 4.98 Å². The average Bonchev–Trinajstić information content (AvgIpc) is 2.42. The van der Waals surface area contributed by atoms with Gasteiger partial charge in [0, 0.05) is 13.3 Å². The molecule has 0 N–H and O–H groups in total. The van der Waals surface area contributed by atoms with Crippen molar-refractivity contribution in [2.24, 2.45) is 0 Å². The largest absolute Gasteiger partial charge is 0.446 e. The normalized spacial score (nSPS) is 10.6. The first kappa shape index (κ1) is 9.30. The molecular formula is C10H17NO. The van der Waals surface area contributed by atoms with E-state index < -0.39 is 0 Å². The Balaban J connectivity index is 2.68. The van der Waals surface area contributed by atoms with Crippen molar-refractivity contribution < 1.29 is 4.42 Å². The van der Waals surface area contributed by atoms with Crippen LogP contribution in [0.5, 0.6) is 0 Å². The summed E-state index contributed by atoms with van der Waals surface area (Å²) in [6.45, 7) is 6.22. The fourth-order valence-corrected chi connectivity index (χ4v) is 1.32. The summed E-state index contributed by atoms with van der Waals surface area (Å²) in [5.41, 5.74) is 1.14. The van der Waals surface area contributed by atoms with Crippen molar-refractivity contribution in [2.45, 2.75) is 46.5 Å². The first-order valence-electron chi connectivity index (χ1n) is 4.73. The number of oxazole rings is 1. The molecule has 2 nitrogen and oxygen atoms in total. The molecule has 0 spiro atoms. The fraction of sp³-hybridized carbons (Fsp3) is 0.700. The summed E-state index contributed by atoms with van der Waals surface area (Å²) in [6, 6.07) is 0. The summed E-state index contributed by atoms with van der Waals surface area (Å²) in [5.74, 6) is 1.90. The third-order valence-electron chi connectivity index (χ3n) is 1.98. The standard InChI is InChI=1S/C10H17NO/c1-4-6-7-10-9(5-2)11-8(3)12-10/h4-7H2,1-3H3. The van der Waals surface area contributed by atoms with Gasteiger partial charge in [0.2, 0.25) is 0 Å². The van der Waals surface area contributed by atoms with Gasteiger partial charge in [-0.25, -0.2) is 4.98 Å². The maximum Gasteiger partial charge on any atom is 0.191 e. The van der Waals surface area contributed by atoms with Gasteiger partial charge in [0.25, 0.3) is 0 Å². The van der Waals surface area contributed by atoms with Crippen LogP contribution in [0.3, 0.4) is 0 Å². The lowest BCUT2D eigenvalue weighted by Gasteiger charge is -1.95. The fourth-order valence-electron chi connectivity index (χ4n) is 1.32. The lowest BCUT2D eigenvalue weighted by atomic mass is 10.1. The Labute approximate surface area is 74.0 Å². The lowest BCUT2D eigenvalue weighted by molar-refractivity contribution is 0.466. The van der Waals surface area contributed by atoms with Gasteiger partial charge in [-0.3, -0.25) is 0 Å². The van der Waals surface area contributed by atoms with Crippen LogP contribution in [0.15, 0.2) is 4.42 Å². The van der Waals surface area contributed by atoms with Gasteiger partial charge in [-0.15, -0.1) is 0 Å². The Morgan fingerprint density at radius 2 is 2.08 bits per heavy atom. The molecule has 0 saturated carbocycles. The van der Waals surface area contributed by atoms with Crippen LogP contribution in [0.2, 0.25) is 0 Å². The highest BCUT2D eigenvalue weighted by Gasteiger charge is 2.07. The highest BCUT2D eigenvalue weighted by atomic mass is 16.4. The predicted molar refractivity (Wildman–Crippen MR) is 49.2 cm³/mol. The third kappa shape index (κ3) is 2.10. The van der Waals surface area contributed by atoms with Gasteiger partial charge in [-0.1, -0.05) is 20.3 Å². The van der Waals surface area contributed by atoms with E-state index in [1.54, 1.807) is 0 Å². The molecule has 0 atom stereocenters. The van der Waals surface area contributed by atoms with Crippen LogP contribution >= 0.6 is 0 Å². The van der Waals surface area contributed by atoms with E-state index in [4.69, 9.17) is 4.42 Å². The van der Waals surface area contributed by atoms with Crippen molar-refractivity contribution in [3.63, 3.8) is 0 Å². The molecule has 68 valence electrons. The van der Waals surface area contributed by atoms with Crippen LogP contribution in [0.25, 0.3) is 0 Å². The molecule has 12 heavy (non-hydrogen) atoms. The first-order valence-corrected chi connectivity index (χ1v) is 4.73. The molecule has 0 unspecified atom stereocenters. The zero-order valence-corrected chi connectivity index (χ0v) is 8.18. The third-order valence-corrected chi connectivity index (χ3v) is 1.98. The van der Waals surface area contributed by atoms with Gasteiger partial charge in [-0.05, 0) is 12.8 Å². The zero-order valence-electron chi connectivity index (χ0n) is 8.18. The summed E-state index contributed by atoms with van der Waals surface area (Å²) < 4.78 is 5.50. The lowest BCUT2D eigenvalue weighted by Crippen LogP contribution is -1.89. The number of rotatable bonds is 4. The first-order chi connectivity index (χ1) is 5.77. The van der Waals surface area contributed by atoms with Gasteiger partial charge in [0.1, 0.15) is 5.76 Å². The summed E-state index contributed by atoms with van der Waals surface area (Å²) >= 11 is 0. The molecule has 1 heterocycles. The molecule has 0 aromatic carbocycles. The molecule has 0 aliphatic rings. The van der Waals surface area contributed by atoms with Crippen molar-refractivity contribution in [3.8, 4) is 0 Å². The van der Waals surface area contributed by atoms with Gasteiger partial charge in [0.05, 0.1) is 5.69 Å². The Bertz CT molecular complexity index is 240. The SMILES string of the molecule is CCCCc1oc(C)nc1CC. The molecule has 0 amide bonds. The minimum Gasteiger partial charge on any atom is -0.446 e. The van der Waals surface area contributed by atoms with Crippen LogP contribution < -0.4 is 0 Å². The molecule has 0 aliphatic carbocycles. The molecule has 0 radical (unpaired) electrons. The van der Waals surface area contributed by atoms with Gasteiger partial charge < -0.3 is 4.42 Å². The molecule has 0 fully saturated rings. The molecule has 1 aromatic heterocycles. The molecule has 0 aliphatic heterocycles. The Morgan fingerprint density at radius 1 is 1.33 bits per heavy atom. The van der Waals surface area contributed by atoms with E-state index in [2.05, 4.69) is 18.8 Å². The number of nitrogens with zero attached hydrogens (tertiary/aromatic N) is 1. The summed E-state index contributed by atoms with van der Waals surface area (Å²) in [7, 11) is 0. The van der Waals surface area contributed by atoms with E-state index in [0.717, 1.165) is 30.2 Å². The smallest absolute Gasteiger partial charge is 0.191 e. The van der Waals surface area contributed by atoms with E-state index in [0.29, 0.717) is 0 Å². The van der Waals surface area contributed by atoms with Crippen molar-refractivity contribution in [2.75, 3.05) is 0 Å². The molecule has 0 bridgehead atoms. The number of hydrogen-bond acceptors (Lipinski definition) is 2. The predicted octanol–water partition coefficient (Wildman–Crippen LogP) is 2.89. The highest BCUT2D eigenvalue weighted by molar-refractivity contribution is 5.09. The second-order valence-electron chi connectivity index (χ2n) is 3.06. The minimum atomic E-state index is 0.804. The zero-order chi connectivity index (χ0) is 8.97. The number of unbranched alkanes of at least 4 members (excludes halogenated alkanes) is 1. The topological polar surface area (TPSA) is 26.0 Å². The van der Waals surface area contributed by atoms with Crippen LogP contribution in [-0.4, -0.2) is 4.98 Å². The van der Waals surface area contributed by atoms with Crippen LogP contribution in [0.1, 0.15) is 44.0 Å². The van der Waals surface area contributed by atoms with E-state index in [-0.39, 0.29) is 0 Å². The van der Waals surface area contributed by atoms with Gasteiger partial charge >= 0.3 is 0 Å². The van der Waals surface area contributed by atoms with Crippen LogP contribution in [-0.2, 0) is 12.8 Å². The van der Waals surface area contributed by atoms with E-state index >= 15 is 0 Å². The van der Waals surface area contributed by atoms with Crippen LogP contribution in [0, 0.1) is 6.92 Å². The molecule has 1 aromatic rings. The number of aromatic nitrogens is 1. The Morgan fingerprint density at radius 3 is 2.67 bits per heavy atom. The van der Waals surface area contributed by atoms with E-state index in [1.807, 2.05) is 6.92 Å². The highest BCUT2D eigenvalue weighted by Crippen LogP contribution is 2.13. The number of hydrogen-bond donors (Lipinski definition) is 0. The maximum absolute atomic E-state index is 5.50. The average molecular weight is 167 g/mol. The maximum atomic E-state index is 5.50. The second kappa shape index (κ2) is 4.29. The van der Waals surface area contributed by atoms with Gasteiger partial charge in [-0.2, -0.15) is 0 Å². The van der Waals surface area contributed by atoms with Crippen LogP contribution in [0.4, 0.5) is 0 Å². The molecule has 0 saturated heterocycles. The van der Waals surface area contributed by atoms with Crippen molar-refractivity contribution >= 4 is 0 Å². The number of aryl methyl sites for hydroxylation is 3.